The Hall–Kier alpha value is -4.00. The molecule has 6 nitrogen and oxygen atoms in total. The number of ether oxygens (including phenoxy) is 1. The van der Waals surface area contributed by atoms with Crippen LogP contribution >= 0.6 is 0 Å². The smallest absolute Gasteiger partial charge is 0.338 e. The zero-order valence-corrected chi connectivity index (χ0v) is 17.1. The molecule has 1 N–H and O–H groups in total. The molecule has 0 aliphatic carbocycles. The molecule has 0 atom stereocenters. The third-order valence-electron chi connectivity index (χ3n) is 4.80. The van der Waals surface area contributed by atoms with Gasteiger partial charge in [-0.05, 0) is 74.5 Å². The van der Waals surface area contributed by atoms with Crippen molar-refractivity contribution in [2.75, 3.05) is 11.9 Å². The predicted octanol–water partition coefficient (Wildman–Crippen LogP) is 4.90. The number of hydrogen-bond acceptors (Lipinski definition) is 4. The Balaban J connectivity index is 1.65. The standard InChI is InChI=1S/C24H20FN3O3/c1-3-31-24(30)17-5-4-6-19(13-17)27-23(29)16-7-12-21-22(14-16)28(15(2)26-21)20-10-8-18(25)9-11-20/h4-14H,3H2,1-2H3,(H,27,29). The number of amides is 1. The molecule has 0 spiro atoms. The maximum Gasteiger partial charge on any atom is 0.338 e. The van der Waals surface area contributed by atoms with Crippen LogP contribution in [0.3, 0.4) is 0 Å². The fourth-order valence-corrected chi connectivity index (χ4v) is 3.39. The first-order valence-corrected chi connectivity index (χ1v) is 9.80. The van der Waals surface area contributed by atoms with Crippen molar-refractivity contribution in [2.24, 2.45) is 0 Å². The average molecular weight is 417 g/mol. The van der Waals surface area contributed by atoms with Gasteiger partial charge in [0.1, 0.15) is 11.6 Å². The maximum atomic E-state index is 13.3. The number of aromatic nitrogens is 2. The van der Waals surface area contributed by atoms with E-state index in [1.54, 1.807) is 61.5 Å². The topological polar surface area (TPSA) is 73.2 Å². The summed E-state index contributed by atoms with van der Waals surface area (Å²) in [5.41, 5.74) is 3.48. The SMILES string of the molecule is CCOC(=O)c1cccc(NC(=O)c2ccc3nc(C)n(-c4ccc(F)cc4)c3c2)c1. The fraction of sp³-hybridized carbons (Fsp3) is 0.125. The van der Waals surface area contributed by atoms with Crippen molar-refractivity contribution in [2.45, 2.75) is 13.8 Å². The number of carbonyl (C=O) groups is 2. The van der Waals surface area contributed by atoms with E-state index in [0.29, 0.717) is 16.8 Å². The molecular weight excluding hydrogens is 397 g/mol. The minimum absolute atomic E-state index is 0.274. The number of nitrogens with zero attached hydrogens (tertiary/aromatic N) is 2. The highest BCUT2D eigenvalue weighted by molar-refractivity contribution is 6.06. The van der Waals surface area contributed by atoms with Gasteiger partial charge in [0, 0.05) is 16.9 Å². The summed E-state index contributed by atoms with van der Waals surface area (Å²) in [6, 6.07) is 17.9. The van der Waals surface area contributed by atoms with E-state index in [1.165, 1.54) is 12.1 Å². The first-order chi connectivity index (χ1) is 15.0. The van der Waals surface area contributed by atoms with Gasteiger partial charge in [-0.1, -0.05) is 6.07 Å². The lowest BCUT2D eigenvalue weighted by molar-refractivity contribution is 0.0526. The third kappa shape index (κ3) is 4.16. The number of anilines is 1. The van der Waals surface area contributed by atoms with Gasteiger partial charge >= 0.3 is 5.97 Å². The van der Waals surface area contributed by atoms with Crippen LogP contribution in [0.2, 0.25) is 0 Å². The molecule has 4 rings (SSSR count). The molecule has 0 radical (unpaired) electrons. The van der Waals surface area contributed by atoms with Crippen LogP contribution in [0.15, 0.2) is 66.7 Å². The summed E-state index contributed by atoms with van der Waals surface area (Å²) in [5.74, 6) is -0.372. The van der Waals surface area contributed by atoms with E-state index in [0.717, 1.165) is 22.5 Å². The van der Waals surface area contributed by atoms with Gasteiger partial charge in [-0.2, -0.15) is 0 Å². The lowest BCUT2D eigenvalue weighted by Gasteiger charge is -2.09. The van der Waals surface area contributed by atoms with Gasteiger partial charge in [-0.3, -0.25) is 9.36 Å². The largest absolute Gasteiger partial charge is 0.462 e. The van der Waals surface area contributed by atoms with Gasteiger partial charge < -0.3 is 10.1 Å². The van der Waals surface area contributed by atoms with E-state index < -0.39 is 5.97 Å². The summed E-state index contributed by atoms with van der Waals surface area (Å²) in [5, 5.41) is 2.81. The van der Waals surface area contributed by atoms with Crippen LogP contribution in [0.1, 0.15) is 33.5 Å². The minimum Gasteiger partial charge on any atom is -0.462 e. The van der Waals surface area contributed by atoms with E-state index in [4.69, 9.17) is 4.74 Å². The molecule has 156 valence electrons. The molecular formula is C24H20FN3O3. The van der Waals surface area contributed by atoms with E-state index in [9.17, 15) is 14.0 Å². The highest BCUT2D eigenvalue weighted by Crippen LogP contribution is 2.23. The average Bonchev–Trinajstić information content (AvgIpc) is 3.09. The number of carbonyl (C=O) groups excluding carboxylic acids is 2. The summed E-state index contributed by atoms with van der Waals surface area (Å²) in [6.45, 7) is 3.86. The summed E-state index contributed by atoms with van der Waals surface area (Å²) in [7, 11) is 0. The predicted molar refractivity (Wildman–Crippen MR) is 116 cm³/mol. The lowest BCUT2D eigenvalue weighted by Crippen LogP contribution is -2.13. The lowest BCUT2D eigenvalue weighted by atomic mass is 10.1. The molecule has 4 aromatic rings. The van der Waals surface area contributed by atoms with Gasteiger partial charge in [0.2, 0.25) is 0 Å². The summed E-state index contributed by atoms with van der Waals surface area (Å²) >= 11 is 0. The number of hydrogen-bond donors (Lipinski definition) is 1. The summed E-state index contributed by atoms with van der Waals surface area (Å²) < 4.78 is 20.2. The van der Waals surface area contributed by atoms with Gasteiger partial charge in [0.15, 0.2) is 0 Å². The van der Waals surface area contributed by atoms with E-state index in [2.05, 4.69) is 10.3 Å². The zero-order chi connectivity index (χ0) is 22.0. The van der Waals surface area contributed by atoms with Crippen molar-refractivity contribution in [1.82, 2.24) is 9.55 Å². The Morgan fingerprint density at radius 3 is 2.55 bits per heavy atom. The number of fused-ring (bicyclic) bond motifs is 1. The van der Waals surface area contributed by atoms with Crippen LogP contribution in [0.5, 0.6) is 0 Å². The Morgan fingerprint density at radius 2 is 1.81 bits per heavy atom. The monoisotopic (exact) mass is 417 g/mol. The molecule has 0 aliphatic heterocycles. The molecule has 3 aromatic carbocycles. The number of halogens is 1. The highest BCUT2D eigenvalue weighted by Gasteiger charge is 2.14. The Morgan fingerprint density at radius 1 is 1.03 bits per heavy atom. The zero-order valence-electron chi connectivity index (χ0n) is 17.1. The quantitative estimate of drug-likeness (QED) is 0.469. The summed E-state index contributed by atoms with van der Waals surface area (Å²) in [4.78, 5) is 29.3. The highest BCUT2D eigenvalue weighted by atomic mass is 19.1. The van der Waals surface area contributed by atoms with Crippen molar-refractivity contribution in [1.29, 1.82) is 0 Å². The molecule has 0 unspecified atom stereocenters. The van der Waals surface area contributed by atoms with Crippen LogP contribution in [0, 0.1) is 12.7 Å². The van der Waals surface area contributed by atoms with Gasteiger partial charge in [-0.15, -0.1) is 0 Å². The van der Waals surface area contributed by atoms with Gasteiger partial charge in [0.05, 0.1) is 23.2 Å². The fourth-order valence-electron chi connectivity index (χ4n) is 3.39. The van der Waals surface area contributed by atoms with Gasteiger partial charge in [0.25, 0.3) is 5.91 Å². The van der Waals surface area contributed by atoms with Crippen LogP contribution in [0.25, 0.3) is 16.7 Å². The molecule has 7 heteroatoms. The van der Waals surface area contributed by atoms with Crippen molar-refractivity contribution in [3.05, 3.63) is 89.5 Å². The molecule has 0 saturated heterocycles. The molecule has 0 saturated carbocycles. The molecule has 1 heterocycles. The van der Waals surface area contributed by atoms with E-state index >= 15 is 0 Å². The van der Waals surface area contributed by atoms with E-state index in [-0.39, 0.29) is 18.3 Å². The molecule has 0 bridgehead atoms. The first kappa shape index (κ1) is 20.3. The number of benzene rings is 3. The number of imidazole rings is 1. The number of esters is 1. The van der Waals surface area contributed by atoms with Crippen molar-refractivity contribution in [3.63, 3.8) is 0 Å². The third-order valence-corrected chi connectivity index (χ3v) is 4.80. The van der Waals surface area contributed by atoms with Crippen LogP contribution < -0.4 is 5.32 Å². The Kier molecular flexibility index (Phi) is 5.49. The second-order valence-electron chi connectivity index (χ2n) is 6.93. The second kappa shape index (κ2) is 8.39. The normalized spacial score (nSPS) is 10.8. The van der Waals surface area contributed by atoms with Crippen LogP contribution in [-0.4, -0.2) is 28.0 Å². The second-order valence-corrected chi connectivity index (χ2v) is 6.93. The molecule has 0 fully saturated rings. The molecule has 1 aromatic heterocycles. The van der Waals surface area contributed by atoms with Crippen molar-refractivity contribution in [3.8, 4) is 5.69 Å². The Labute approximate surface area is 178 Å². The molecule has 31 heavy (non-hydrogen) atoms. The van der Waals surface area contributed by atoms with Crippen LogP contribution in [-0.2, 0) is 4.74 Å². The Bertz CT molecular complexity index is 1280. The first-order valence-electron chi connectivity index (χ1n) is 9.80. The minimum atomic E-state index is -0.446. The van der Waals surface area contributed by atoms with Crippen LogP contribution in [0.4, 0.5) is 10.1 Å². The number of nitrogens with one attached hydrogen (secondary N) is 1. The molecule has 0 aliphatic rings. The number of aryl methyl sites for hydroxylation is 1. The number of rotatable bonds is 5. The van der Waals surface area contributed by atoms with Gasteiger partial charge in [-0.25, -0.2) is 14.2 Å². The van der Waals surface area contributed by atoms with E-state index in [1.807, 2.05) is 11.5 Å². The van der Waals surface area contributed by atoms with Crippen molar-refractivity contribution < 1.29 is 18.7 Å². The van der Waals surface area contributed by atoms with Crippen molar-refractivity contribution >= 4 is 28.6 Å². The molecule has 1 amide bonds. The maximum absolute atomic E-state index is 13.3. The summed E-state index contributed by atoms with van der Waals surface area (Å²) in [6.07, 6.45) is 0.